The highest BCUT2D eigenvalue weighted by Crippen LogP contribution is 2.15. The lowest BCUT2D eigenvalue weighted by Gasteiger charge is -2.17. The third kappa shape index (κ3) is 4.58. The van der Waals surface area contributed by atoms with Crippen molar-refractivity contribution in [1.82, 2.24) is 4.31 Å². The van der Waals surface area contributed by atoms with Crippen LogP contribution in [0.4, 0.5) is 0 Å². The third-order valence-corrected chi connectivity index (χ3v) is 4.69. The number of benzene rings is 1. The SMILES string of the molecule is CCOCCN(C)S(=O)(=O)c1ccc(CCN)cc1. The van der Waals surface area contributed by atoms with Crippen LogP contribution >= 0.6 is 0 Å². The van der Waals surface area contributed by atoms with Crippen molar-refractivity contribution in [1.29, 1.82) is 0 Å². The molecule has 1 aromatic carbocycles. The summed E-state index contributed by atoms with van der Waals surface area (Å²) in [6.07, 6.45) is 0.751. The number of hydrogen-bond donors (Lipinski definition) is 1. The highest BCUT2D eigenvalue weighted by atomic mass is 32.2. The number of ether oxygens (including phenoxy) is 1. The van der Waals surface area contributed by atoms with Crippen LogP contribution in [-0.4, -0.2) is 46.1 Å². The first-order valence-electron chi connectivity index (χ1n) is 6.35. The molecule has 0 saturated heterocycles. The van der Waals surface area contributed by atoms with Crippen LogP contribution in [0.2, 0.25) is 0 Å². The molecule has 6 heteroatoms. The average Bonchev–Trinajstić information content (AvgIpc) is 2.40. The Morgan fingerprint density at radius 2 is 1.89 bits per heavy atom. The summed E-state index contributed by atoms with van der Waals surface area (Å²) in [5.41, 5.74) is 6.50. The van der Waals surface area contributed by atoms with Crippen LogP contribution in [-0.2, 0) is 21.2 Å². The van der Waals surface area contributed by atoms with Gasteiger partial charge >= 0.3 is 0 Å². The van der Waals surface area contributed by atoms with E-state index >= 15 is 0 Å². The second-order valence-corrected chi connectivity index (χ2v) is 6.25. The third-order valence-electron chi connectivity index (χ3n) is 2.82. The molecule has 0 aliphatic rings. The number of sulfonamides is 1. The number of nitrogens with zero attached hydrogens (tertiary/aromatic N) is 1. The number of rotatable bonds is 8. The molecule has 0 aliphatic carbocycles. The molecule has 0 saturated carbocycles. The first-order valence-corrected chi connectivity index (χ1v) is 7.79. The van der Waals surface area contributed by atoms with Crippen molar-refractivity contribution in [3.63, 3.8) is 0 Å². The van der Waals surface area contributed by atoms with Crippen molar-refractivity contribution in [3.05, 3.63) is 29.8 Å². The van der Waals surface area contributed by atoms with E-state index in [1.807, 2.05) is 6.92 Å². The highest BCUT2D eigenvalue weighted by Gasteiger charge is 2.20. The summed E-state index contributed by atoms with van der Waals surface area (Å²) in [5, 5.41) is 0. The smallest absolute Gasteiger partial charge is 0.242 e. The van der Waals surface area contributed by atoms with Crippen LogP contribution in [0.25, 0.3) is 0 Å². The topological polar surface area (TPSA) is 72.6 Å². The molecule has 0 atom stereocenters. The van der Waals surface area contributed by atoms with E-state index in [1.165, 1.54) is 4.31 Å². The Morgan fingerprint density at radius 1 is 1.26 bits per heavy atom. The largest absolute Gasteiger partial charge is 0.380 e. The van der Waals surface area contributed by atoms with Gasteiger partial charge in [-0.25, -0.2) is 8.42 Å². The van der Waals surface area contributed by atoms with Crippen LogP contribution in [0, 0.1) is 0 Å². The Kier molecular flexibility index (Phi) is 6.44. The first-order chi connectivity index (χ1) is 9.02. The average molecular weight is 286 g/mol. The molecule has 0 radical (unpaired) electrons. The van der Waals surface area contributed by atoms with E-state index < -0.39 is 10.0 Å². The summed E-state index contributed by atoms with van der Waals surface area (Å²) in [6, 6.07) is 6.85. The van der Waals surface area contributed by atoms with Crippen LogP contribution in [0.15, 0.2) is 29.2 Å². The van der Waals surface area contributed by atoms with Crippen molar-refractivity contribution in [2.75, 3.05) is 33.4 Å². The van der Waals surface area contributed by atoms with Crippen molar-refractivity contribution < 1.29 is 13.2 Å². The van der Waals surface area contributed by atoms with Gasteiger partial charge in [0.15, 0.2) is 0 Å². The summed E-state index contributed by atoms with van der Waals surface area (Å²) in [4.78, 5) is 0.298. The zero-order valence-electron chi connectivity index (χ0n) is 11.5. The van der Waals surface area contributed by atoms with Gasteiger partial charge in [0, 0.05) is 20.2 Å². The minimum Gasteiger partial charge on any atom is -0.380 e. The van der Waals surface area contributed by atoms with Gasteiger partial charge in [-0.3, -0.25) is 0 Å². The van der Waals surface area contributed by atoms with Gasteiger partial charge in [-0.1, -0.05) is 12.1 Å². The Balaban J connectivity index is 2.75. The van der Waals surface area contributed by atoms with Gasteiger partial charge in [0.1, 0.15) is 0 Å². The molecule has 0 aliphatic heterocycles. The monoisotopic (exact) mass is 286 g/mol. The van der Waals surface area contributed by atoms with E-state index in [-0.39, 0.29) is 0 Å². The molecular weight excluding hydrogens is 264 g/mol. The highest BCUT2D eigenvalue weighted by molar-refractivity contribution is 7.89. The molecular formula is C13H22N2O3S. The number of nitrogens with two attached hydrogens (primary N) is 1. The summed E-state index contributed by atoms with van der Waals surface area (Å²) >= 11 is 0. The van der Waals surface area contributed by atoms with Gasteiger partial charge < -0.3 is 10.5 Å². The maximum Gasteiger partial charge on any atom is 0.242 e. The second kappa shape index (κ2) is 7.59. The maximum absolute atomic E-state index is 12.2. The fourth-order valence-corrected chi connectivity index (χ4v) is 2.79. The van der Waals surface area contributed by atoms with E-state index in [9.17, 15) is 8.42 Å². The first kappa shape index (κ1) is 16.1. The zero-order valence-corrected chi connectivity index (χ0v) is 12.3. The van der Waals surface area contributed by atoms with E-state index in [0.29, 0.717) is 31.2 Å². The predicted octanol–water partition coefficient (Wildman–Crippen LogP) is 0.845. The molecule has 0 spiro atoms. The van der Waals surface area contributed by atoms with E-state index in [1.54, 1.807) is 31.3 Å². The molecule has 0 unspecified atom stereocenters. The maximum atomic E-state index is 12.2. The van der Waals surface area contributed by atoms with Crippen molar-refractivity contribution in [3.8, 4) is 0 Å². The number of hydrogen-bond acceptors (Lipinski definition) is 4. The summed E-state index contributed by atoms with van der Waals surface area (Å²) < 4.78 is 31.0. The lowest BCUT2D eigenvalue weighted by atomic mass is 10.2. The van der Waals surface area contributed by atoms with Gasteiger partial charge in [-0.15, -0.1) is 0 Å². The summed E-state index contributed by atoms with van der Waals surface area (Å²) in [5.74, 6) is 0. The molecule has 1 aromatic rings. The quantitative estimate of drug-likeness (QED) is 0.719. The fraction of sp³-hybridized carbons (Fsp3) is 0.538. The van der Waals surface area contributed by atoms with Crippen molar-refractivity contribution >= 4 is 10.0 Å². The normalized spacial score (nSPS) is 12.0. The van der Waals surface area contributed by atoms with E-state index in [2.05, 4.69) is 0 Å². The lowest BCUT2D eigenvalue weighted by molar-refractivity contribution is 0.138. The molecule has 0 aromatic heterocycles. The Bertz CT molecular complexity index is 471. The summed E-state index contributed by atoms with van der Waals surface area (Å²) in [6.45, 7) is 3.77. The molecule has 19 heavy (non-hydrogen) atoms. The summed E-state index contributed by atoms with van der Waals surface area (Å²) in [7, 11) is -1.87. The molecule has 108 valence electrons. The van der Waals surface area contributed by atoms with Gasteiger partial charge in [-0.05, 0) is 37.6 Å². The Labute approximate surface area is 115 Å². The van der Waals surface area contributed by atoms with Crippen LogP contribution in [0.5, 0.6) is 0 Å². The Hall–Kier alpha value is -0.950. The molecule has 5 nitrogen and oxygen atoms in total. The minimum absolute atomic E-state index is 0.298. The van der Waals surface area contributed by atoms with Crippen LogP contribution < -0.4 is 5.73 Å². The molecule has 1 rings (SSSR count). The van der Waals surface area contributed by atoms with Crippen molar-refractivity contribution in [2.45, 2.75) is 18.2 Å². The van der Waals surface area contributed by atoms with Crippen molar-refractivity contribution in [2.24, 2.45) is 5.73 Å². The van der Waals surface area contributed by atoms with E-state index in [0.717, 1.165) is 12.0 Å². The van der Waals surface area contributed by atoms with Crippen LogP contribution in [0.1, 0.15) is 12.5 Å². The fourth-order valence-electron chi connectivity index (χ4n) is 1.63. The van der Waals surface area contributed by atoms with Gasteiger partial charge in [0.2, 0.25) is 10.0 Å². The second-order valence-electron chi connectivity index (χ2n) is 4.21. The van der Waals surface area contributed by atoms with Gasteiger partial charge in [-0.2, -0.15) is 4.31 Å². The standard InChI is InChI=1S/C13H22N2O3S/c1-3-18-11-10-15(2)19(16,17)13-6-4-12(5-7-13)8-9-14/h4-7H,3,8-11,14H2,1-2H3. The Morgan fingerprint density at radius 3 is 2.42 bits per heavy atom. The minimum atomic E-state index is -3.43. The zero-order chi connectivity index (χ0) is 14.3. The number of likely N-dealkylation sites (N-methyl/N-ethyl adjacent to an activating group) is 1. The molecule has 0 heterocycles. The molecule has 0 amide bonds. The predicted molar refractivity (Wildman–Crippen MR) is 75.5 cm³/mol. The molecule has 0 bridgehead atoms. The van der Waals surface area contributed by atoms with E-state index in [4.69, 9.17) is 10.5 Å². The van der Waals surface area contributed by atoms with Gasteiger partial charge in [0.25, 0.3) is 0 Å². The van der Waals surface area contributed by atoms with Gasteiger partial charge in [0.05, 0.1) is 11.5 Å². The molecule has 2 N–H and O–H groups in total. The molecule has 0 fully saturated rings. The van der Waals surface area contributed by atoms with Crippen LogP contribution in [0.3, 0.4) is 0 Å². The lowest BCUT2D eigenvalue weighted by Crippen LogP contribution is -2.30.